The Morgan fingerprint density at radius 2 is 1.93 bits per heavy atom. The van der Waals surface area contributed by atoms with Crippen LogP contribution in [0.3, 0.4) is 0 Å². The Bertz CT molecular complexity index is 945. The van der Waals surface area contributed by atoms with E-state index < -0.39 is 5.82 Å². The van der Waals surface area contributed by atoms with Crippen LogP contribution >= 0.6 is 24.0 Å². The van der Waals surface area contributed by atoms with Gasteiger partial charge in [0.1, 0.15) is 5.82 Å². The van der Waals surface area contributed by atoms with E-state index in [4.69, 9.17) is 21.7 Å². The Morgan fingerprint density at radius 1 is 1.14 bits per heavy atom. The second kappa shape index (κ2) is 9.89. The van der Waals surface area contributed by atoms with Crippen molar-refractivity contribution >= 4 is 46.0 Å². The summed E-state index contributed by atoms with van der Waals surface area (Å²) < 4.78 is 25.9. The molecule has 0 aliphatic carbocycles. The highest BCUT2D eigenvalue weighted by molar-refractivity contribution is 8.27. The average Bonchev–Trinajstić information content (AvgIpc) is 2.97. The molecule has 152 valence electrons. The summed E-state index contributed by atoms with van der Waals surface area (Å²) in [6.07, 6.45) is 3.75. The second-order valence-corrected chi connectivity index (χ2v) is 7.99. The number of benzene rings is 2. The van der Waals surface area contributed by atoms with E-state index >= 15 is 0 Å². The lowest BCUT2D eigenvalue weighted by molar-refractivity contribution is -0.113. The Balaban J connectivity index is 1.86. The third-order valence-corrected chi connectivity index (χ3v) is 5.51. The summed E-state index contributed by atoms with van der Waals surface area (Å²) in [5, 5.41) is 0. The maximum Gasteiger partial charge on any atom is 0.270 e. The summed E-state index contributed by atoms with van der Waals surface area (Å²) in [7, 11) is 0. The smallest absolute Gasteiger partial charge is 0.270 e. The molecule has 1 fully saturated rings. The Hall–Kier alpha value is -2.38. The molecule has 0 saturated carbocycles. The Labute approximate surface area is 179 Å². The number of unbranched alkanes of at least 4 members (excludes halogenated alkanes) is 1. The van der Waals surface area contributed by atoms with Crippen LogP contribution in [0.4, 0.5) is 10.1 Å². The van der Waals surface area contributed by atoms with Crippen molar-refractivity contribution < 1.29 is 18.7 Å². The van der Waals surface area contributed by atoms with Crippen molar-refractivity contribution in [3.63, 3.8) is 0 Å². The number of para-hydroxylation sites is 1. The number of rotatable bonds is 8. The lowest BCUT2D eigenvalue weighted by Gasteiger charge is -2.15. The number of carbonyl (C=O) groups is 1. The number of thiocarbonyl (C=S) groups is 1. The number of nitrogens with zero attached hydrogens (tertiary/aromatic N) is 1. The van der Waals surface area contributed by atoms with Gasteiger partial charge < -0.3 is 9.47 Å². The Morgan fingerprint density at radius 3 is 2.66 bits per heavy atom. The summed E-state index contributed by atoms with van der Waals surface area (Å²) in [5.41, 5.74) is 0.943. The molecule has 0 atom stereocenters. The van der Waals surface area contributed by atoms with Crippen molar-refractivity contribution in [2.45, 2.75) is 26.7 Å². The third-order valence-electron chi connectivity index (χ3n) is 4.21. The van der Waals surface area contributed by atoms with Crippen LogP contribution < -0.4 is 14.4 Å². The van der Waals surface area contributed by atoms with E-state index in [0.717, 1.165) is 30.2 Å². The van der Waals surface area contributed by atoms with E-state index in [9.17, 15) is 9.18 Å². The molecule has 1 aliphatic heterocycles. The van der Waals surface area contributed by atoms with Gasteiger partial charge in [-0.15, -0.1) is 0 Å². The molecule has 0 bridgehead atoms. The van der Waals surface area contributed by atoms with Crippen LogP contribution in [0.5, 0.6) is 11.5 Å². The van der Waals surface area contributed by atoms with Gasteiger partial charge in [0.25, 0.3) is 5.91 Å². The Kier molecular flexibility index (Phi) is 7.28. The van der Waals surface area contributed by atoms with E-state index in [0.29, 0.717) is 33.9 Å². The molecule has 2 aromatic rings. The fourth-order valence-electron chi connectivity index (χ4n) is 2.79. The maximum atomic E-state index is 14.1. The molecular formula is C22H22FNO3S2. The normalized spacial score (nSPS) is 15.3. The van der Waals surface area contributed by atoms with E-state index in [1.54, 1.807) is 24.3 Å². The van der Waals surface area contributed by atoms with Crippen LogP contribution in [-0.2, 0) is 4.79 Å². The van der Waals surface area contributed by atoms with Crippen LogP contribution in [0.1, 0.15) is 32.3 Å². The van der Waals surface area contributed by atoms with Crippen molar-refractivity contribution in [3.05, 3.63) is 58.8 Å². The summed E-state index contributed by atoms with van der Waals surface area (Å²) >= 11 is 6.47. The number of anilines is 1. The average molecular weight is 432 g/mol. The minimum Gasteiger partial charge on any atom is -0.490 e. The van der Waals surface area contributed by atoms with Crippen LogP contribution in [0, 0.1) is 5.82 Å². The fraction of sp³-hybridized carbons (Fsp3) is 0.273. The molecule has 0 radical (unpaired) electrons. The number of thioether (sulfide) groups is 1. The molecule has 1 saturated heterocycles. The molecule has 1 amide bonds. The molecule has 0 N–H and O–H groups in total. The maximum absolute atomic E-state index is 14.1. The first-order chi connectivity index (χ1) is 14.0. The van der Waals surface area contributed by atoms with Gasteiger partial charge in [0.2, 0.25) is 0 Å². The molecule has 29 heavy (non-hydrogen) atoms. The van der Waals surface area contributed by atoms with Gasteiger partial charge in [-0.3, -0.25) is 9.69 Å². The molecule has 1 aliphatic rings. The minimum absolute atomic E-state index is 0.160. The summed E-state index contributed by atoms with van der Waals surface area (Å²) in [4.78, 5) is 14.5. The lowest BCUT2D eigenvalue weighted by atomic mass is 10.1. The lowest BCUT2D eigenvalue weighted by Crippen LogP contribution is -2.28. The van der Waals surface area contributed by atoms with Gasteiger partial charge in [0.05, 0.1) is 23.8 Å². The SMILES string of the molecule is CCCCOc1ccc(/C=C2/SC(=S)N(c3ccccc3F)C2=O)cc1OCC. The van der Waals surface area contributed by atoms with E-state index in [1.807, 2.05) is 25.1 Å². The monoisotopic (exact) mass is 431 g/mol. The molecule has 0 unspecified atom stereocenters. The third kappa shape index (κ3) is 4.97. The largest absolute Gasteiger partial charge is 0.490 e. The molecule has 7 heteroatoms. The first-order valence-electron chi connectivity index (χ1n) is 9.47. The van der Waals surface area contributed by atoms with Crippen LogP contribution in [0.15, 0.2) is 47.4 Å². The number of carbonyl (C=O) groups excluding carboxylic acids is 1. The standard InChI is InChI=1S/C22H22FNO3S2/c1-3-5-12-27-18-11-10-15(13-19(18)26-4-2)14-20-21(25)24(22(28)29-20)17-9-7-6-8-16(17)23/h6-11,13-14H,3-5,12H2,1-2H3/b20-14+. The zero-order valence-corrected chi connectivity index (χ0v) is 17.9. The predicted octanol–water partition coefficient (Wildman–Crippen LogP) is 5.81. The summed E-state index contributed by atoms with van der Waals surface area (Å²) in [6, 6.07) is 11.6. The highest BCUT2D eigenvalue weighted by atomic mass is 32.2. The van der Waals surface area contributed by atoms with Crippen molar-refractivity contribution in [2.75, 3.05) is 18.1 Å². The number of amides is 1. The van der Waals surface area contributed by atoms with Gasteiger partial charge in [0, 0.05) is 0 Å². The van der Waals surface area contributed by atoms with Crippen molar-refractivity contribution in [3.8, 4) is 11.5 Å². The minimum atomic E-state index is -0.489. The number of hydrogen-bond acceptors (Lipinski definition) is 5. The zero-order chi connectivity index (χ0) is 20.8. The number of ether oxygens (including phenoxy) is 2. The summed E-state index contributed by atoms with van der Waals surface area (Å²) in [6.45, 7) is 5.13. The van der Waals surface area contributed by atoms with Gasteiger partial charge in [-0.1, -0.05) is 55.5 Å². The molecule has 3 rings (SSSR count). The van der Waals surface area contributed by atoms with Gasteiger partial charge in [-0.25, -0.2) is 4.39 Å². The van der Waals surface area contributed by atoms with Gasteiger partial charge >= 0.3 is 0 Å². The molecule has 0 spiro atoms. The van der Waals surface area contributed by atoms with Gasteiger partial charge in [-0.05, 0) is 49.2 Å². The molecule has 2 aromatic carbocycles. The molecule has 4 nitrogen and oxygen atoms in total. The van der Waals surface area contributed by atoms with E-state index in [-0.39, 0.29) is 11.6 Å². The highest BCUT2D eigenvalue weighted by Crippen LogP contribution is 2.38. The predicted molar refractivity (Wildman–Crippen MR) is 120 cm³/mol. The van der Waals surface area contributed by atoms with Crippen LogP contribution in [-0.4, -0.2) is 23.4 Å². The second-order valence-electron chi connectivity index (χ2n) is 6.31. The van der Waals surface area contributed by atoms with Crippen molar-refractivity contribution in [1.29, 1.82) is 0 Å². The highest BCUT2D eigenvalue weighted by Gasteiger charge is 2.34. The van der Waals surface area contributed by atoms with Gasteiger partial charge in [0.15, 0.2) is 15.8 Å². The fourth-order valence-corrected chi connectivity index (χ4v) is 4.07. The molecular weight excluding hydrogens is 409 g/mol. The quantitative estimate of drug-likeness (QED) is 0.300. The molecule has 0 aromatic heterocycles. The van der Waals surface area contributed by atoms with E-state index in [1.165, 1.54) is 11.0 Å². The van der Waals surface area contributed by atoms with Crippen LogP contribution in [0.25, 0.3) is 6.08 Å². The zero-order valence-electron chi connectivity index (χ0n) is 16.3. The number of halogens is 1. The van der Waals surface area contributed by atoms with Crippen LogP contribution in [0.2, 0.25) is 0 Å². The first-order valence-corrected chi connectivity index (χ1v) is 10.7. The topological polar surface area (TPSA) is 38.8 Å². The van der Waals surface area contributed by atoms with Crippen molar-refractivity contribution in [2.24, 2.45) is 0 Å². The summed E-state index contributed by atoms with van der Waals surface area (Å²) in [5.74, 6) is 0.474. The van der Waals surface area contributed by atoms with E-state index in [2.05, 4.69) is 6.92 Å². The van der Waals surface area contributed by atoms with Gasteiger partial charge in [-0.2, -0.15) is 0 Å². The van der Waals surface area contributed by atoms with Crippen molar-refractivity contribution in [1.82, 2.24) is 0 Å². The molecule has 1 heterocycles. The number of hydrogen-bond donors (Lipinski definition) is 0. The first kappa shape index (κ1) is 21.3.